The quantitative estimate of drug-likeness (QED) is 0.228. The first-order valence-corrected chi connectivity index (χ1v) is 9.09. The third-order valence-corrected chi connectivity index (χ3v) is 2.13. The van der Waals surface area contributed by atoms with Crippen LogP contribution in [0, 0.1) is 0 Å². The van der Waals surface area contributed by atoms with Gasteiger partial charge in [0.05, 0.1) is 7.18 Å². The number of ether oxygens (including phenoxy) is 4. The maximum Gasteiger partial charge on any atom is 0.527 e. The van der Waals surface area contributed by atoms with Crippen LogP contribution in [0.15, 0.2) is 0 Å². The molecule has 0 spiro atoms. The van der Waals surface area contributed by atoms with Crippen molar-refractivity contribution in [3.8, 4) is 0 Å². The number of hydrogen-bond donors (Lipinski definition) is 0. The van der Waals surface area contributed by atoms with E-state index in [1.165, 1.54) is 0 Å². The lowest BCUT2D eigenvalue weighted by Crippen LogP contribution is -2.39. The first kappa shape index (κ1) is 98.8. The highest BCUT2D eigenvalue weighted by molar-refractivity contribution is 4.69. The summed E-state index contributed by atoms with van der Waals surface area (Å²) in [5.74, 6) is -4.35. The number of hydrogen-bond acceptors (Lipinski definition) is 4. The summed E-state index contributed by atoms with van der Waals surface area (Å²) in [6.07, 6.45) is -36.4. The molecule has 0 bridgehead atoms. The first-order valence-electron chi connectivity index (χ1n) is 9.09. The van der Waals surface area contributed by atoms with Crippen LogP contribution in [-0.4, -0.2) is 90.4 Å². The van der Waals surface area contributed by atoms with E-state index in [9.17, 15) is 114 Å². The van der Waals surface area contributed by atoms with Crippen LogP contribution in [-0.2, 0) is 18.9 Å². The summed E-state index contributed by atoms with van der Waals surface area (Å²) in [5, 5.41) is 0. The zero-order valence-electron chi connectivity index (χ0n) is 21.0. The molecule has 0 aliphatic carbocycles. The Kier molecular flexibility index (Phi) is 77.2. The SMILES string of the molecule is C.C.C.C.C.C.C.C.C.CC(F)(F)C(F)(F)OCF.CF.FC(F)(F)COC(F)(F)F.FCC(F)(F)OC(F)(F)F.FCF.FCOC(F)(F)C(F)(F)F. The fraction of sp³-hybridized carbons (Fsp3) is 1.00. The number of halogens is 26. The average molecular weight is 899 g/mol. The van der Waals surface area contributed by atoms with Gasteiger partial charge in [0, 0.05) is 6.92 Å². The molecule has 0 fully saturated rings. The van der Waals surface area contributed by atoms with E-state index < -0.39 is 83.3 Å². The van der Waals surface area contributed by atoms with Crippen LogP contribution in [0.3, 0.4) is 0 Å². The average Bonchev–Trinajstić information content (AvgIpc) is 2.77. The van der Waals surface area contributed by atoms with Crippen LogP contribution >= 0.6 is 0 Å². The van der Waals surface area contributed by atoms with E-state index >= 15 is 0 Å². The van der Waals surface area contributed by atoms with Crippen LogP contribution in [0.4, 0.5) is 114 Å². The van der Waals surface area contributed by atoms with E-state index in [0.717, 1.165) is 0 Å². The summed E-state index contributed by atoms with van der Waals surface area (Å²) in [6.45, 7) is -10.7. The third kappa shape index (κ3) is 75.0. The maximum absolute atomic E-state index is 11.7. The topological polar surface area (TPSA) is 36.9 Å². The van der Waals surface area contributed by atoms with Crippen molar-refractivity contribution >= 4 is 0 Å². The smallest absolute Gasteiger partial charge is 0.284 e. The van der Waals surface area contributed by atoms with Crippen molar-refractivity contribution in [2.75, 3.05) is 41.1 Å². The number of alkyl halides is 26. The van der Waals surface area contributed by atoms with Gasteiger partial charge in [0.2, 0.25) is 6.93 Å². The Morgan fingerprint density at radius 1 is 0.407 bits per heavy atom. The van der Waals surface area contributed by atoms with E-state index in [1.807, 2.05) is 0 Å². The largest absolute Gasteiger partial charge is 0.527 e. The second-order valence-electron chi connectivity index (χ2n) is 5.70. The van der Waals surface area contributed by atoms with Crippen LogP contribution in [0.2, 0.25) is 0 Å². The predicted molar refractivity (Wildman–Crippen MR) is 152 cm³/mol. The Morgan fingerprint density at radius 3 is 0.741 bits per heavy atom. The highest BCUT2D eigenvalue weighted by Gasteiger charge is 2.59. The second-order valence-corrected chi connectivity index (χ2v) is 5.70. The van der Waals surface area contributed by atoms with Gasteiger partial charge in [0.15, 0.2) is 27.0 Å². The Labute approximate surface area is 298 Å². The molecule has 0 aromatic rings. The molecule has 0 aromatic heterocycles. The van der Waals surface area contributed by atoms with Crippen LogP contribution < -0.4 is 0 Å². The molecule has 0 aliphatic rings. The fourth-order valence-corrected chi connectivity index (χ4v) is 0.706. The molecule has 0 aliphatic heterocycles. The van der Waals surface area contributed by atoms with Crippen LogP contribution in [0.5, 0.6) is 0 Å². The molecule has 0 radical (unpaired) electrons. The highest BCUT2D eigenvalue weighted by atomic mass is 19.4. The van der Waals surface area contributed by atoms with E-state index in [1.54, 1.807) is 0 Å². The molecule has 0 unspecified atom stereocenters. The van der Waals surface area contributed by atoms with E-state index in [4.69, 9.17) is 0 Å². The molecule has 0 heterocycles. The van der Waals surface area contributed by atoms with Gasteiger partial charge in [-0.3, -0.25) is 18.6 Å². The lowest BCUT2D eigenvalue weighted by molar-refractivity contribution is -0.426. The van der Waals surface area contributed by atoms with Crippen molar-refractivity contribution in [2.24, 2.45) is 0 Å². The lowest BCUT2D eigenvalue weighted by atomic mass is 10.4. The Bertz CT molecular complexity index is 634. The van der Waals surface area contributed by atoms with Gasteiger partial charge in [-0.2, -0.15) is 61.5 Å². The summed E-state index contributed by atoms with van der Waals surface area (Å²) in [7, 11) is 0.500. The zero-order valence-corrected chi connectivity index (χ0v) is 21.0. The Balaban J connectivity index is -0.0000000263. The monoisotopic (exact) mass is 898 g/mol. The van der Waals surface area contributed by atoms with Gasteiger partial charge in [-0.25, -0.2) is 26.7 Å². The van der Waals surface area contributed by atoms with Crippen LogP contribution in [0.1, 0.15) is 73.8 Å². The minimum atomic E-state index is -5.85. The minimum absolute atomic E-state index is 0. The number of rotatable bonds is 8. The molecule has 0 atom stereocenters. The van der Waals surface area contributed by atoms with Gasteiger partial charge < -0.3 is 0 Å². The van der Waals surface area contributed by atoms with Crippen molar-refractivity contribution in [3.63, 3.8) is 0 Å². The minimum Gasteiger partial charge on any atom is -0.284 e. The van der Waals surface area contributed by atoms with Crippen molar-refractivity contribution in [1.82, 2.24) is 0 Å². The van der Waals surface area contributed by atoms with Gasteiger partial charge in [-0.1, -0.05) is 66.8 Å². The van der Waals surface area contributed by atoms with Gasteiger partial charge in [0.1, 0.15) is 0 Å². The molecule has 0 N–H and O–H groups in total. The molecular weight excluding hydrogens is 846 g/mol. The van der Waals surface area contributed by atoms with Gasteiger partial charge in [0.25, 0.3) is 0 Å². The predicted octanol–water partition coefficient (Wildman–Crippen LogP) is 15.6. The molecule has 0 saturated carbocycles. The molecular formula is C24H52F26O4. The standard InChI is InChI=1S/C4H5F5O.3C3H2F6O.CH2F2.CH3F.9CH4/c1-3(6,7)4(8,9)10-2-5;4-1-10-3(8,9)2(5,6)7;4-2(5,6)1-10-3(7,8)9;4-1-2(5,6)10-3(7,8)9;2-1-3;1-2;;;;;;;;;/h2H2,1H3;3*1H2;1H2;1H3;9*1H4. The summed E-state index contributed by atoms with van der Waals surface area (Å²) < 4.78 is 294. The van der Waals surface area contributed by atoms with E-state index in [2.05, 4.69) is 18.9 Å². The summed E-state index contributed by atoms with van der Waals surface area (Å²) >= 11 is 0. The van der Waals surface area contributed by atoms with Gasteiger partial charge >= 0.3 is 49.3 Å². The second kappa shape index (κ2) is 42.2. The lowest BCUT2D eigenvalue weighted by Gasteiger charge is -2.20. The molecule has 0 saturated heterocycles. The van der Waals surface area contributed by atoms with E-state index in [-0.39, 0.29) is 73.8 Å². The summed E-state index contributed by atoms with van der Waals surface area (Å²) in [5.41, 5.74) is 0. The molecule has 0 aromatic carbocycles. The van der Waals surface area contributed by atoms with Gasteiger partial charge in [-0.05, 0) is 0 Å². The van der Waals surface area contributed by atoms with Crippen molar-refractivity contribution < 1.29 is 133 Å². The molecule has 54 heavy (non-hydrogen) atoms. The van der Waals surface area contributed by atoms with E-state index in [0.29, 0.717) is 7.18 Å². The van der Waals surface area contributed by atoms with Crippen molar-refractivity contribution in [1.29, 1.82) is 0 Å². The summed E-state index contributed by atoms with van der Waals surface area (Å²) in [6, 6.07) is 0. The van der Waals surface area contributed by atoms with Gasteiger partial charge in [-0.15, -0.1) is 26.3 Å². The summed E-state index contributed by atoms with van der Waals surface area (Å²) in [4.78, 5) is 0. The zero-order chi connectivity index (χ0) is 38.4. The normalized spacial score (nSPS) is 10.7. The molecule has 4 nitrogen and oxygen atoms in total. The Hall–Kier alpha value is -1.98. The molecule has 0 amide bonds. The third-order valence-electron chi connectivity index (χ3n) is 2.13. The van der Waals surface area contributed by atoms with Crippen molar-refractivity contribution in [2.45, 2.75) is 123 Å². The first-order chi connectivity index (χ1) is 19.5. The highest BCUT2D eigenvalue weighted by Crippen LogP contribution is 2.36. The molecule has 0 rings (SSSR count). The fourth-order valence-electron chi connectivity index (χ4n) is 0.706. The van der Waals surface area contributed by atoms with Crippen LogP contribution in [0.25, 0.3) is 0 Å². The molecule has 354 valence electrons. The van der Waals surface area contributed by atoms with Crippen molar-refractivity contribution in [3.05, 3.63) is 0 Å². The maximum atomic E-state index is 11.7. The Morgan fingerprint density at radius 2 is 0.667 bits per heavy atom. The molecule has 30 heteroatoms.